The van der Waals surface area contributed by atoms with Crippen molar-refractivity contribution in [3.05, 3.63) is 42.3 Å². The van der Waals surface area contributed by atoms with Gasteiger partial charge in [-0.3, -0.25) is 0 Å². The number of hydrogen-bond acceptors (Lipinski definition) is 6. The van der Waals surface area contributed by atoms with Crippen LogP contribution in [0.2, 0.25) is 18.1 Å². The van der Waals surface area contributed by atoms with Crippen LogP contribution in [-0.4, -0.2) is 54.4 Å². The lowest BCUT2D eigenvalue weighted by Crippen LogP contribution is -2.43. The van der Waals surface area contributed by atoms with Gasteiger partial charge in [0.1, 0.15) is 17.2 Å². The largest absolute Gasteiger partial charge is 0.543 e. The van der Waals surface area contributed by atoms with Crippen molar-refractivity contribution in [1.82, 2.24) is 9.55 Å². The third kappa shape index (κ3) is 6.30. The molecule has 1 fully saturated rings. The number of fused-ring (bicyclic) bond motifs is 1. The summed E-state index contributed by atoms with van der Waals surface area (Å²) < 4.78 is 29.2. The van der Waals surface area contributed by atoms with E-state index < -0.39 is 26.0 Å². The number of anilines is 1. The van der Waals surface area contributed by atoms with E-state index in [0.29, 0.717) is 30.1 Å². The molecule has 0 atom stereocenters. The van der Waals surface area contributed by atoms with E-state index in [-0.39, 0.29) is 23.1 Å². The number of aromatic nitrogens is 2. The number of hydrogen-bond donors (Lipinski definition) is 1. The Labute approximate surface area is 232 Å². The summed E-state index contributed by atoms with van der Waals surface area (Å²) in [5, 5.41) is 10.2. The molecule has 3 heterocycles. The highest BCUT2D eigenvalue weighted by molar-refractivity contribution is 6.74. The number of benzene rings is 1. The first-order valence-electron chi connectivity index (χ1n) is 13.7. The fourth-order valence-corrected chi connectivity index (χ4v) is 5.57. The minimum absolute atomic E-state index is 0.0273. The predicted octanol–water partition coefficient (Wildman–Crippen LogP) is 7.22. The van der Waals surface area contributed by atoms with Gasteiger partial charge >= 0.3 is 6.09 Å². The minimum atomic E-state index is -2.08. The maximum absolute atomic E-state index is 15.6. The van der Waals surface area contributed by atoms with Crippen molar-refractivity contribution in [1.29, 1.82) is 0 Å². The lowest BCUT2D eigenvalue weighted by Gasteiger charge is -2.36. The van der Waals surface area contributed by atoms with Crippen molar-refractivity contribution >= 4 is 31.1 Å². The second-order valence-electron chi connectivity index (χ2n) is 13.0. The Morgan fingerprint density at radius 1 is 1.08 bits per heavy atom. The number of halogens is 1. The molecule has 1 aromatic carbocycles. The molecule has 7 nitrogen and oxygen atoms in total. The zero-order chi connectivity index (χ0) is 28.8. The Morgan fingerprint density at radius 3 is 2.31 bits per heavy atom. The molecule has 1 N–H and O–H groups in total. The molecular formula is C30H42FN3O4Si. The average molecular weight is 556 g/mol. The molecule has 212 valence electrons. The normalized spacial score (nSPS) is 15.6. The number of aliphatic hydroxyl groups excluding tert-OH is 1. The molecule has 0 unspecified atom stereocenters. The van der Waals surface area contributed by atoms with Crippen LogP contribution in [0, 0.1) is 11.9 Å². The third-order valence-electron chi connectivity index (χ3n) is 7.83. The highest BCUT2D eigenvalue weighted by atomic mass is 28.4. The van der Waals surface area contributed by atoms with Gasteiger partial charge in [-0.25, -0.2) is 14.3 Å². The highest BCUT2D eigenvalue weighted by Crippen LogP contribution is 2.39. The molecule has 39 heavy (non-hydrogen) atoms. The summed E-state index contributed by atoms with van der Waals surface area (Å²) in [7, 11) is -2.08. The standard InChI is InChI=1S/C30H42FN3O4Si/c1-29(2,3)37-28(36)34-24-11-9-22(38-39(7,8)30(4,5)6)17-21(24)18-25(34)23-10-12-26(32-27(23)31)33-15-13-20(19-35)14-16-33/h9-12,17-18,20,35H,13-16,19H2,1-8H3. The number of nitrogens with zero attached hydrogens (tertiary/aromatic N) is 3. The van der Waals surface area contributed by atoms with Gasteiger partial charge in [-0.05, 0) is 94.1 Å². The van der Waals surface area contributed by atoms with E-state index in [4.69, 9.17) is 9.16 Å². The van der Waals surface area contributed by atoms with Gasteiger partial charge in [-0.1, -0.05) is 20.8 Å². The fraction of sp³-hybridized carbons (Fsp3) is 0.533. The summed E-state index contributed by atoms with van der Waals surface area (Å²) in [6, 6.07) is 10.9. The van der Waals surface area contributed by atoms with Gasteiger partial charge in [0.05, 0.1) is 16.8 Å². The lowest BCUT2D eigenvalue weighted by molar-refractivity contribution is 0.0547. The molecule has 0 spiro atoms. The summed E-state index contributed by atoms with van der Waals surface area (Å²) in [6.07, 6.45) is 1.10. The average Bonchev–Trinajstić information content (AvgIpc) is 3.20. The molecule has 0 amide bonds. The maximum Gasteiger partial charge on any atom is 0.419 e. The smallest absolute Gasteiger partial charge is 0.419 e. The number of carbonyl (C=O) groups is 1. The van der Waals surface area contributed by atoms with Crippen LogP contribution < -0.4 is 9.33 Å². The summed E-state index contributed by atoms with van der Waals surface area (Å²) in [5.41, 5.74) is 0.478. The van der Waals surface area contributed by atoms with Gasteiger partial charge in [-0.15, -0.1) is 0 Å². The van der Waals surface area contributed by atoms with Crippen molar-refractivity contribution in [3.63, 3.8) is 0 Å². The second-order valence-corrected chi connectivity index (χ2v) is 17.8. The fourth-order valence-electron chi connectivity index (χ4n) is 4.54. The number of ether oxygens (including phenoxy) is 1. The Bertz CT molecular complexity index is 1350. The summed E-state index contributed by atoms with van der Waals surface area (Å²) in [6.45, 7) is 17.9. The summed E-state index contributed by atoms with van der Waals surface area (Å²) in [4.78, 5) is 19.7. The molecule has 0 bridgehead atoms. The van der Waals surface area contributed by atoms with Gasteiger partial charge < -0.3 is 19.2 Å². The summed E-state index contributed by atoms with van der Waals surface area (Å²) in [5.74, 6) is 0.905. The topological polar surface area (TPSA) is 76.8 Å². The van der Waals surface area contributed by atoms with Crippen molar-refractivity contribution in [2.75, 3.05) is 24.6 Å². The van der Waals surface area contributed by atoms with Crippen LogP contribution >= 0.6 is 0 Å². The monoisotopic (exact) mass is 555 g/mol. The SMILES string of the molecule is CC(C)(C)OC(=O)n1c(-c2ccc(N3CCC(CO)CC3)nc2F)cc2cc(O[Si](C)(C)C(C)(C)C)ccc21. The molecule has 0 radical (unpaired) electrons. The van der Waals surface area contributed by atoms with Gasteiger partial charge in [-0.2, -0.15) is 4.39 Å². The van der Waals surface area contributed by atoms with Crippen molar-refractivity contribution in [2.24, 2.45) is 5.92 Å². The number of piperidine rings is 1. The maximum atomic E-state index is 15.6. The van der Waals surface area contributed by atoms with Gasteiger partial charge in [0.2, 0.25) is 14.3 Å². The van der Waals surface area contributed by atoms with Crippen molar-refractivity contribution < 1.29 is 23.5 Å². The van der Waals surface area contributed by atoms with E-state index in [1.54, 1.807) is 39.0 Å². The van der Waals surface area contributed by atoms with E-state index in [9.17, 15) is 9.90 Å². The van der Waals surface area contributed by atoms with E-state index in [2.05, 4.69) is 38.8 Å². The zero-order valence-electron chi connectivity index (χ0n) is 24.5. The molecule has 0 aliphatic carbocycles. The quantitative estimate of drug-likeness (QED) is 0.265. The van der Waals surface area contributed by atoms with Crippen LogP contribution in [-0.2, 0) is 4.74 Å². The predicted molar refractivity (Wildman–Crippen MR) is 157 cm³/mol. The molecule has 9 heteroatoms. The van der Waals surface area contributed by atoms with Crippen molar-refractivity contribution in [2.45, 2.75) is 78.1 Å². The highest BCUT2D eigenvalue weighted by Gasteiger charge is 2.39. The van der Waals surface area contributed by atoms with Gasteiger partial charge in [0, 0.05) is 25.1 Å². The number of aliphatic hydroxyl groups is 1. The van der Waals surface area contributed by atoms with E-state index in [1.807, 2.05) is 23.1 Å². The Balaban J connectivity index is 1.76. The molecule has 1 saturated heterocycles. The lowest BCUT2D eigenvalue weighted by atomic mass is 9.98. The first-order chi connectivity index (χ1) is 18.1. The Hall–Kier alpha value is -2.91. The first kappa shape index (κ1) is 29.1. The molecule has 1 aliphatic rings. The molecule has 1 aliphatic heterocycles. The van der Waals surface area contributed by atoms with Crippen molar-refractivity contribution in [3.8, 4) is 17.0 Å². The summed E-state index contributed by atoms with van der Waals surface area (Å²) >= 11 is 0. The van der Waals surface area contributed by atoms with Crippen LogP contribution in [0.25, 0.3) is 22.2 Å². The molecular weight excluding hydrogens is 513 g/mol. The molecule has 2 aromatic heterocycles. The molecule has 0 saturated carbocycles. The van der Waals surface area contributed by atoms with Crippen LogP contribution in [0.3, 0.4) is 0 Å². The second kappa shape index (κ2) is 10.6. The number of rotatable bonds is 5. The minimum Gasteiger partial charge on any atom is -0.543 e. The molecule has 4 rings (SSSR count). The third-order valence-corrected chi connectivity index (χ3v) is 12.2. The van der Waals surface area contributed by atoms with E-state index >= 15 is 4.39 Å². The zero-order valence-corrected chi connectivity index (χ0v) is 25.5. The number of pyridine rings is 1. The van der Waals surface area contributed by atoms with Crippen LogP contribution in [0.1, 0.15) is 54.4 Å². The Morgan fingerprint density at radius 2 is 1.74 bits per heavy atom. The molecule has 3 aromatic rings. The van der Waals surface area contributed by atoms with Gasteiger partial charge in [0.15, 0.2) is 0 Å². The van der Waals surface area contributed by atoms with Gasteiger partial charge in [0.25, 0.3) is 0 Å². The van der Waals surface area contributed by atoms with Crippen LogP contribution in [0.4, 0.5) is 15.0 Å². The number of carbonyl (C=O) groups excluding carboxylic acids is 1. The van der Waals surface area contributed by atoms with Crippen LogP contribution in [0.15, 0.2) is 36.4 Å². The Kier molecular flexibility index (Phi) is 7.89. The van der Waals surface area contributed by atoms with E-state index in [1.165, 1.54) is 4.57 Å². The first-order valence-corrected chi connectivity index (χ1v) is 16.6. The van der Waals surface area contributed by atoms with E-state index in [0.717, 1.165) is 24.0 Å². The van der Waals surface area contributed by atoms with Crippen LogP contribution in [0.5, 0.6) is 5.75 Å².